The van der Waals surface area contributed by atoms with Gasteiger partial charge in [-0.25, -0.2) is 4.79 Å². The van der Waals surface area contributed by atoms with Crippen molar-refractivity contribution >= 4 is 11.7 Å². The summed E-state index contributed by atoms with van der Waals surface area (Å²) in [5.41, 5.74) is 0.325. The van der Waals surface area contributed by atoms with E-state index < -0.39 is 5.54 Å². The SMILES string of the molecule is COC(=O)C1(Nc2ccc(OC)cc2)CCCC(C)C1. The highest BCUT2D eigenvalue weighted by Gasteiger charge is 2.42. The highest BCUT2D eigenvalue weighted by atomic mass is 16.5. The second-order valence-corrected chi connectivity index (χ2v) is 5.63. The monoisotopic (exact) mass is 277 g/mol. The van der Waals surface area contributed by atoms with Crippen molar-refractivity contribution in [2.45, 2.75) is 38.1 Å². The lowest BCUT2D eigenvalue weighted by atomic mass is 9.76. The van der Waals surface area contributed by atoms with Crippen molar-refractivity contribution < 1.29 is 14.3 Å². The summed E-state index contributed by atoms with van der Waals surface area (Å²) in [7, 11) is 3.10. The third kappa shape index (κ3) is 3.06. The molecule has 1 aromatic carbocycles. The van der Waals surface area contributed by atoms with Gasteiger partial charge in [0, 0.05) is 5.69 Å². The average molecular weight is 277 g/mol. The van der Waals surface area contributed by atoms with E-state index in [1.165, 1.54) is 13.5 Å². The highest BCUT2D eigenvalue weighted by molar-refractivity contribution is 5.84. The predicted octanol–water partition coefficient (Wildman–Crippen LogP) is 3.23. The number of anilines is 1. The van der Waals surface area contributed by atoms with Crippen molar-refractivity contribution in [3.05, 3.63) is 24.3 Å². The van der Waals surface area contributed by atoms with Gasteiger partial charge in [-0.15, -0.1) is 0 Å². The van der Waals surface area contributed by atoms with Crippen molar-refractivity contribution in [3.8, 4) is 5.75 Å². The summed E-state index contributed by atoms with van der Waals surface area (Å²) in [6.07, 6.45) is 3.84. The summed E-state index contributed by atoms with van der Waals surface area (Å²) in [4.78, 5) is 12.3. The molecule has 4 nitrogen and oxygen atoms in total. The molecule has 1 aliphatic rings. The van der Waals surface area contributed by atoms with E-state index in [9.17, 15) is 4.79 Å². The molecule has 0 aromatic heterocycles. The molecule has 0 bridgehead atoms. The number of ether oxygens (including phenoxy) is 2. The van der Waals surface area contributed by atoms with Crippen LogP contribution in [0.15, 0.2) is 24.3 Å². The molecule has 110 valence electrons. The highest BCUT2D eigenvalue weighted by Crippen LogP contribution is 2.36. The van der Waals surface area contributed by atoms with Crippen molar-refractivity contribution in [2.24, 2.45) is 5.92 Å². The first kappa shape index (κ1) is 14.7. The van der Waals surface area contributed by atoms with Crippen LogP contribution >= 0.6 is 0 Å². The second kappa shape index (κ2) is 6.16. The number of benzene rings is 1. The summed E-state index contributed by atoms with van der Waals surface area (Å²) in [6.45, 7) is 2.19. The molecule has 0 amide bonds. The molecule has 2 unspecified atom stereocenters. The Morgan fingerprint density at radius 1 is 1.30 bits per heavy atom. The van der Waals surface area contributed by atoms with Crippen LogP contribution in [0.3, 0.4) is 0 Å². The number of esters is 1. The van der Waals surface area contributed by atoms with Gasteiger partial charge in [0.2, 0.25) is 0 Å². The van der Waals surface area contributed by atoms with Gasteiger partial charge in [-0.05, 0) is 43.0 Å². The number of methoxy groups -OCH3 is 2. The molecule has 4 heteroatoms. The van der Waals surface area contributed by atoms with Crippen LogP contribution in [0.25, 0.3) is 0 Å². The molecular formula is C16H23NO3. The van der Waals surface area contributed by atoms with Crippen LogP contribution < -0.4 is 10.1 Å². The minimum Gasteiger partial charge on any atom is -0.497 e. The normalized spacial score (nSPS) is 25.9. The zero-order chi connectivity index (χ0) is 14.6. The fourth-order valence-corrected chi connectivity index (χ4v) is 3.05. The van der Waals surface area contributed by atoms with E-state index in [2.05, 4.69) is 12.2 Å². The number of hydrogen-bond donors (Lipinski definition) is 1. The van der Waals surface area contributed by atoms with Gasteiger partial charge in [0.05, 0.1) is 14.2 Å². The number of carbonyl (C=O) groups excluding carboxylic acids is 1. The third-order valence-electron chi connectivity index (χ3n) is 4.05. The van der Waals surface area contributed by atoms with E-state index in [0.717, 1.165) is 30.7 Å². The fraction of sp³-hybridized carbons (Fsp3) is 0.562. The smallest absolute Gasteiger partial charge is 0.331 e. The standard InChI is InChI=1S/C16H23NO3/c1-12-5-4-10-16(11-12,15(18)20-3)17-13-6-8-14(19-2)9-7-13/h6-9,12,17H,4-5,10-11H2,1-3H3. The predicted molar refractivity (Wildman–Crippen MR) is 79.0 cm³/mol. The van der Waals surface area contributed by atoms with Gasteiger partial charge < -0.3 is 14.8 Å². The summed E-state index contributed by atoms with van der Waals surface area (Å²) < 4.78 is 10.2. The van der Waals surface area contributed by atoms with Crippen LogP contribution in [0.4, 0.5) is 5.69 Å². The molecular weight excluding hydrogens is 254 g/mol. The number of nitrogens with one attached hydrogen (secondary N) is 1. The first-order valence-electron chi connectivity index (χ1n) is 7.10. The van der Waals surface area contributed by atoms with E-state index in [-0.39, 0.29) is 5.97 Å². The molecule has 1 saturated carbocycles. The van der Waals surface area contributed by atoms with Crippen LogP contribution in [0.1, 0.15) is 32.6 Å². The lowest BCUT2D eigenvalue weighted by Gasteiger charge is -2.38. The summed E-state index contributed by atoms with van der Waals surface area (Å²) in [5, 5.41) is 3.40. The fourth-order valence-electron chi connectivity index (χ4n) is 3.05. The summed E-state index contributed by atoms with van der Waals surface area (Å²) in [5.74, 6) is 1.16. The summed E-state index contributed by atoms with van der Waals surface area (Å²) in [6, 6.07) is 7.64. The first-order chi connectivity index (χ1) is 9.59. The van der Waals surface area contributed by atoms with Crippen molar-refractivity contribution in [1.82, 2.24) is 0 Å². The van der Waals surface area contributed by atoms with Crippen LogP contribution in [-0.4, -0.2) is 25.7 Å². The molecule has 1 aromatic rings. The van der Waals surface area contributed by atoms with Crippen molar-refractivity contribution in [1.29, 1.82) is 0 Å². The van der Waals surface area contributed by atoms with Crippen LogP contribution in [-0.2, 0) is 9.53 Å². The Balaban J connectivity index is 2.20. The van der Waals surface area contributed by atoms with Crippen LogP contribution in [0.2, 0.25) is 0 Å². The minimum atomic E-state index is -0.596. The Labute approximate surface area is 120 Å². The minimum absolute atomic E-state index is 0.167. The van der Waals surface area contributed by atoms with Gasteiger partial charge in [-0.3, -0.25) is 0 Å². The molecule has 0 heterocycles. The zero-order valence-corrected chi connectivity index (χ0v) is 12.4. The maximum Gasteiger partial charge on any atom is 0.331 e. The topological polar surface area (TPSA) is 47.6 Å². The van der Waals surface area contributed by atoms with Crippen molar-refractivity contribution in [3.63, 3.8) is 0 Å². The van der Waals surface area contributed by atoms with Gasteiger partial charge in [0.1, 0.15) is 11.3 Å². The average Bonchev–Trinajstić information content (AvgIpc) is 2.47. The lowest BCUT2D eigenvalue weighted by Crippen LogP contribution is -2.50. The Kier molecular flexibility index (Phi) is 4.53. The first-order valence-corrected chi connectivity index (χ1v) is 7.10. The Morgan fingerprint density at radius 3 is 2.55 bits per heavy atom. The largest absolute Gasteiger partial charge is 0.497 e. The molecule has 0 saturated heterocycles. The maximum absolute atomic E-state index is 12.3. The molecule has 1 aliphatic carbocycles. The molecule has 20 heavy (non-hydrogen) atoms. The van der Waals surface area contributed by atoms with Gasteiger partial charge in [-0.2, -0.15) is 0 Å². The van der Waals surface area contributed by atoms with Gasteiger partial charge in [0.25, 0.3) is 0 Å². The van der Waals surface area contributed by atoms with Gasteiger partial charge >= 0.3 is 5.97 Å². The molecule has 0 radical (unpaired) electrons. The second-order valence-electron chi connectivity index (χ2n) is 5.63. The van der Waals surface area contributed by atoms with E-state index in [4.69, 9.17) is 9.47 Å². The van der Waals surface area contributed by atoms with Gasteiger partial charge in [-0.1, -0.05) is 19.8 Å². The third-order valence-corrected chi connectivity index (χ3v) is 4.05. The van der Waals surface area contributed by atoms with Crippen LogP contribution in [0.5, 0.6) is 5.75 Å². The van der Waals surface area contributed by atoms with E-state index in [0.29, 0.717) is 5.92 Å². The number of hydrogen-bond acceptors (Lipinski definition) is 4. The Hall–Kier alpha value is -1.71. The maximum atomic E-state index is 12.3. The molecule has 1 fully saturated rings. The van der Waals surface area contributed by atoms with E-state index >= 15 is 0 Å². The molecule has 0 aliphatic heterocycles. The van der Waals surface area contributed by atoms with Crippen molar-refractivity contribution in [2.75, 3.05) is 19.5 Å². The molecule has 0 spiro atoms. The molecule has 2 atom stereocenters. The zero-order valence-electron chi connectivity index (χ0n) is 12.4. The van der Waals surface area contributed by atoms with Gasteiger partial charge in [0.15, 0.2) is 0 Å². The van der Waals surface area contributed by atoms with Crippen LogP contribution in [0, 0.1) is 5.92 Å². The lowest BCUT2D eigenvalue weighted by molar-refractivity contribution is -0.147. The molecule has 2 rings (SSSR count). The Bertz CT molecular complexity index is 457. The molecule has 1 N–H and O–H groups in total. The summed E-state index contributed by atoms with van der Waals surface area (Å²) >= 11 is 0. The Morgan fingerprint density at radius 2 is 2.00 bits per heavy atom. The van der Waals surface area contributed by atoms with E-state index in [1.807, 2.05) is 24.3 Å². The number of carbonyl (C=O) groups is 1. The van der Waals surface area contributed by atoms with E-state index in [1.54, 1.807) is 7.11 Å². The number of rotatable bonds is 4. The quantitative estimate of drug-likeness (QED) is 0.858.